The minimum absolute atomic E-state index is 0.115. The Labute approximate surface area is 111 Å². The van der Waals surface area contributed by atoms with Crippen LogP contribution in [0.4, 0.5) is 4.39 Å². The Kier molecular flexibility index (Phi) is 3.61. The highest BCUT2D eigenvalue weighted by atomic mass is 79.9. The van der Waals surface area contributed by atoms with Crippen LogP contribution in [0.1, 0.15) is 11.4 Å². The number of rotatable bonds is 3. The number of halogens is 2. The van der Waals surface area contributed by atoms with E-state index in [2.05, 4.69) is 26.1 Å². The molecule has 0 aliphatic heterocycles. The number of imidazole rings is 1. The highest BCUT2D eigenvalue weighted by Crippen LogP contribution is 2.17. The van der Waals surface area contributed by atoms with E-state index in [1.807, 2.05) is 0 Å². The molecule has 7 heteroatoms. The highest BCUT2D eigenvalue weighted by molar-refractivity contribution is 9.10. The summed E-state index contributed by atoms with van der Waals surface area (Å²) in [6.07, 6.45) is 3.14. The van der Waals surface area contributed by atoms with Crippen molar-refractivity contribution >= 4 is 21.8 Å². The third-order valence-corrected chi connectivity index (χ3v) is 2.89. The van der Waals surface area contributed by atoms with Crippen molar-refractivity contribution in [1.82, 2.24) is 9.55 Å². The van der Waals surface area contributed by atoms with E-state index < -0.39 is 0 Å². The topological polar surface area (TPSA) is 76.4 Å². The zero-order valence-corrected chi connectivity index (χ0v) is 10.8. The van der Waals surface area contributed by atoms with E-state index >= 15 is 0 Å². The SMILES string of the molecule is NC(=NO)c1nccn1Cc1cc(Br)ccc1F. The van der Waals surface area contributed by atoms with Crippen molar-refractivity contribution in [1.29, 1.82) is 0 Å². The van der Waals surface area contributed by atoms with Gasteiger partial charge in [0.15, 0.2) is 5.82 Å². The molecule has 1 heterocycles. The molecule has 2 aromatic rings. The monoisotopic (exact) mass is 312 g/mol. The number of hydrogen-bond donors (Lipinski definition) is 2. The zero-order chi connectivity index (χ0) is 13.1. The van der Waals surface area contributed by atoms with E-state index in [1.54, 1.807) is 22.9 Å². The van der Waals surface area contributed by atoms with Crippen molar-refractivity contribution in [3.8, 4) is 0 Å². The van der Waals surface area contributed by atoms with Crippen LogP contribution in [-0.4, -0.2) is 20.6 Å². The molecule has 1 aromatic carbocycles. The summed E-state index contributed by atoms with van der Waals surface area (Å²) in [5, 5.41) is 11.5. The molecule has 0 radical (unpaired) electrons. The second-order valence-electron chi connectivity index (χ2n) is 3.60. The van der Waals surface area contributed by atoms with Crippen molar-refractivity contribution < 1.29 is 9.60 Å². The third-order valence-electron chi connectivity index (χ3n) is 2.40. The maximum absolute atomic E-state index is 13.6. The molecule has 0 spiro atoms. The van der Waals surface area contributed by atoms with Crippen LogP contribution in [-0.2, 0) is 6.54 Å². The summed E-state index contributed by atoms with van der Waals surface area (Å²) in [4.78, 5) is 3.95. The smallest absolute Gasteiger partial charge is 0.206 e. The van der Waals surface area contributed by atoms with E-state index in [9.17, 15) is 4.39 Å². The van der Waals surface area contributed by atoms with Crippen LogP contribution in [0, 0.1) is 5.82 Å². The average Bonchev–Trinajstić information content (AvgIpc) is 2.81. The van der Waals surface area contributed by atoms with Crippen molar-refractivity contribution in [2.75, 3.05) is 0 Å². The molecule has 0 aliphatic carbocycles. The van der Waals surface area contributed by atoms with Gasteiger partial charge in [-0.3, -0.25) is 0 Å². The van der Waals surface area contributed by atoms with Gasteiger partial charge in [-0.05, 0) is 18.2 Å². The van der Waals surface area contributed by atoms with Crippen molar-refractivity contribution in [2.45, 2.75) is 6.54 Å². The summed E-state index contributed by atoms with van der Waals surface area (Å²) >= 11 is 3.28. The second kappa shape index (κ2) is 5.18. The lowest BCUT2D eigenvalue weighted by atomic mass is 10.2. The van der Waals surface area contributed by atoms with Gasteiger partial charge < -0.3 is 15.5 Å². The molecule has 94 valence electrons. The Balaban J connectivity index is 2.35. The van der Waals surface area contributed by atoms with Gasteiger partial charge in [-0.2, -0.15) is 0 Å². The van der Waals surface area contributed by atoms with Crippen molar-refractivity contribution in [3.63, 3.8) is 0 Å². The first-order valence-electron chi connectivity index (χ1n) is 5.05. The number of nitrogens with two attached hydrogens (primary N) is 1. The molecular weight excluding hydrogens is 303 g/mol. The largest absolute Gasteiger partial charge is 0.409 e. The Morgan fingerprint density at radius 1 is 1.56 bits per heavy atom. The molecule has 0 saturated heterocycles. The third kappa shape index (κ3) is 2.51. The fourth-order valence-electron chi connectivity index (χ4n) is 1.56. The molecule has 5 nitrogen and oxygen atoms in total. The zero-order valence-electron chi connectivity index (χ0n) is 9.22. The van der Waals surface area contributed by atoms with E-state index in [-0.39, 0.29) is 24.0 Å². The van der Waals surface area contributed by atoms with Crippen LogP contribution in [0.15, 0.2) is 40.2 Å². The van der Waals surface area contributed by atoms with Crippen LogP contribution < -0.4 is 5.73 Å². The highest BCUT2D eigenvalue weighted by Gasteiger charge is 2.10. The predicted molar refractivity (Wildman–Crippen MR) is 67.9 cm³/mol. The first-order valence-corrected chi connectivity index (χ1v) is 5.84. The summed E-state index contributed by atoms with van der Waals surface area (Å²) < 4.78 is 16.0. The molecule has 3 N–H and O–H groups in total. The summed E-state index contributed by atoms with van der Waals surface area (Å²) in [5.41, 5.74) is 5.96. The van der Waals surface area contributed by atoms with Crippen LogP contribution in [0.25, 0.3) is 0 Å². The lowest BCUT2D eigenvalue weighted by Crippen LogP contribution is -2.20. The van der Waals surface area contributed by atoms with Gasteiger partial charge in [0.25, 0.3) is 0 Å². The maximum atomic E-state index is 13.6. The molecule has 0 fully saturated rings. The van der Waals surface area contributed by atoms with Crippen molar-refractivity contribution in [2.24, 2.45) is 10.9 Å². The summed E-state index contributed by atoms with van der Waals surface area (Å²) in [5.74, 6) is -0.148. The standard InChI is InChI=1S/C11H10BrFN4O/c12-8-1-2-9(13)7(5-8)6-17-4-3-15-11(17)10(14)16-18/h1-5,18H,6H2,(H2,14,16). The van der Waals surface area contributed by atoms with E-state index in [0.29, 0.717) is 5.56 Å². The maximum Gasteiger partial charge on any atom is 0.206 e. The first-order chi connectivity index (χ1) is 8.61. The van der Waals surface area contributed by atoms with Crippen molar-refractivity contribution in [3.05, 3.63) is 52.3 Å². The molecule has 0 amide bonds. The van der Waals surface area contributed by atoms with Gasteiger partial charge in [0, 0.05) is 22.4 Å². The summed E-state index contributed by atoms with van der Waals surface area (Å²) in [7, 11) is 0. The van der Waals surface area contributed by atoms with Crippen LogP contribution in [0.5, 0.6) is 0 Å². The van der Waals surface area contributed by atoms with E-state index in [0.717, 1.165) is 4.47 Å². The Morgan fingerprint density at radius 3 is 3.06 bits per heavy atom. The Hall–Kier alpha value is -1.89. The fraction of sp³-hybridized carbons (Fsp3) is 0.0909. The molecule has 0 atom stereocenters. The number of amidine groups is 1. The Morgan fingerprint density at radius 2 is 2.33 bits per heavy atom. The van der Waals surface area contributed by atoms with Crippen LogP contribution in [0.3, 0.4) is 0 Å². The molecule has 0 saturated carbocycles. The lowest BCUT2D eigenvalue weighted by Gasteiger charge is -2.08. The normalized spacial score (nSPS) is 11.8. The van der Waals surface area contributed by atoms with Gasteiger partial charge in [0.05, 0.1) is 6.54 Å². The van der Waals surface area contributed by atoms with Crippen LogP contribution in [0.2, 0.25) is 0 Å². The predicted octanol–water partition coefficient (Wildman–Crippen LogP) is 1.93. The average molecular weight is 313 g/mol. The minimum atomic E-state index is -0.322. The minimum Gasteiger partial charge on any atom is -0.409 e. The number of oxime groups is 1. The van der Waals surface area contributed by atoms with Crippen LogP contribution >= 0.6 is 15.9 Å². The number of nitrogens with zero attached hydrogens (tertiary/aromatic N) is 3. The quantitative estimate of drug-likeness (QED) is 0.393. The molecule has 0 aliphatic rings. The molecule has 18 heavy (non-hydrogen) atoms. The van der Waals surface area contributed by atoms with E-state index in [4.69, 9.17) is 10.9 Å². The van der Waals surface area contributed by atoms with Gasteiger partial charge in [0.1, 0.15) is 5.82 Å². The van der Waals surface area contributed by atoms with Gasteiger partial charge in [-0.1, -0.05) is 21.1 Å². The summed E-state index contributed by atoms with van der Waals surface area (Å²) in [6, 6.07) is 4.67. The summed E-state index contributed by atoms with van der Waals surface area (Å²) in [6.45, 7) is 0.247. The van der Waals surface area contributed by atoms with Gasteiger partial charge in [-0.15, -0.1) is 0 Å². The Bertz CT molecular complexity index is 596. The van der Waals surface area contributed by atoms with Gasteiger partial charge in [-0.25, -0.2) is 9.37 Å². The second-order valence-corrected chi connectivity index (χ2v) is 4.52. The van der Waals surface area contributed by atoms with Gasteiger partial charge >= 0.3 is 0 Å². The molecule has 0 bridgehead atoms. The lowest BCUT2D eigenvalue weighted by molar-refractivity contribution is 0.318. The number of benzene rings is 1. The first kappa shape index (κ1) is 12.6. The fourth-order valence-corrected chi connectivity index (χ4v) is 1.97. The molecule has 1 aromatic heterocycles. The number of aromatic nitrogens is 2. The molecule has 0 unspecified atom stereocenters. The molecule has 2 rings (SSSR count). The molecular formula is C11H10BrFN4O. The number of hydrogen-bond acceptors (Lipinski definition) is 3. The van der Waals surface area contributed by atoms with E-state index in [1.165, 1.54) is 12.3 Å². The van der Waals surface area contributed by atoms with Gasteiger partial charge in [0.2, 0.25) is 5.84 Å².